The van der Waals surface area contributed by atoms with E-state index in [1.54, 1.807) is 0 Å². The molecule has 1 atom stereocenters. The Hall–Kier alpha value is -2.70. The third-order valence-electron chi connectivity index (χ3n) is 7.61. The molecule has 0 amide bonds. The van der Waals surface area contributed by atoms with Crippen LogP contribution in [0.2, 0.25) is 0 Å². The van der Waals surface area contributed by atoms with Crippen molar-refractivity contribution in [2.45, 2.75) is 123 Å². The lowest BCUT2D eigenvalue weighted by Gasteiger charge is -2.39. The van der Waals surface area contributed by atoms with Crippen LogP contribution in [0.1, 0.15) is 121 Å². The van der Waals surface area contributed by atoms with Crippen LogP contribution < -0.4 is 0 Å². The van der Waals surface area contributed by atoms with Gasteiger partial charge in [0.2, 0.25) is 5.71 Å². The second-order valence-electron chi connectivity index (χ2n) is 10.6. The zero-order valence-electron chi connectivity index (χ0n) is 24.2. The molecule has 1 aliphatic rings. The van der Waals surface area contributed by atoms with Gasteiger partial charge in [0, 0.05) is 17.5 Å². The van der Waals surface area contributed by atoms with Gasteiger partial charge in [0.25, 0.3) is 0 Å². The van der Waals surface area contributed by atoms with E-state index >= 15 is 0 Å². The summed E-state index contributed by atoms with van der Waals surface area (Å²) in [5.41, 5.74) is 3.00. The fraction of sp³-hybridized carbons (Fsp3) is 0.677. The average molecular weight is 529 g/mol. The van der Waals surface area contributed by atoms with Crippen molar-refractivity contribution in [1.29, 1.82) is 0 Å². The van der Waals surface area contributed by atoms with Crippen molar-refractivity contribution < 1.29 is 24.3 Å². The SMILES string of the molecule is CCCCCCCCCCC(OC(=O)C(=NO)C1=NCC(CCC)(CCC)c2c(C)cccc21)C(=O)OC. The summed E-state index contributed by atoms with van der Waals surface area (Å²) in [4.78, 5) is 30.5. The first-order chi connectivity index (χ1) is 18.4. The average Bonchev–Trinajstić information content (AvgIpc) is 2.91. The molecule has 0 spiro atoms. The van der Waals surface area contributed by atoms with Gasteiger partial charge in [-0.15, -0.1) is 0 Å². The predicted molar refractivity (Wildman–Crippen MR) is 152 cm³/mol. The lowest BCUT2D eigenvalue weighted by molar-refractivity contribution is -0.162. The Bertz CT molecular complexity index is 963. The van der Waals surface area contributed by atoms with Crippen molar-refractivity contribution in [2.75, 3.05) is 13.7 Å². The van der Waals surface area contributed by atoms with Crippen LogP contribution in [0.5, 0.6) is 0 Å². The highest BCUT2D eigenvalue weighted by Gasteiger charge is 2.40. The van der Waals surface area contributed by atoms with Crippen LogP contribution in [0.4, 0.5) is 0 Å². The van der Waals surface area contributed by atoms with Crippen LogP contribution in [0.15, 0.2) is 28.3 Å². The molecule has 212 valence electrons. The minimum Gasteiger partial charge on any atom is -0.466 e. The third kappa shape index (κ3) is 8.15. The van der Waals surface area contributed by atoms with E-state index in [4.69, 9.17) is 14.5 Å². The van der Waals surface area contributed by atoms with Crippen LogP contribution >= 0.6 is 0 Å². The number of oxime groups is 1. The van der Waals surface area contributed by atoms with E-state index in [1.165, 1.54) is 39.2 Å². The zero-order chi connectivity index (χ0) is 28.0. The van der Waals surface area contributed by atoms with E-state index in [9.17, 15) is 14.8 Å². The molecule has 0 fully saturated rings. The van der Waals surface area contributed by atoms with Gasteiger partial charge in [-0.3, -0.25) is 4.99 Å². The maximum absolute atomic E-state index is 13.2. The Kier molecular flexibility index (Phi) is 13.5. The standard InChI is InChI=1S/C31H48N2O5/c1-6-9-10-11-12-13-14-15-19-25(29(34)37-5)38-30(35)28(33-36)27-24-18-16-17-23(4)26(24)31(20-7-2,21-8-3)22-32-27/h16-18,25,36H,6-15,19-22H2,1-5H3. The molecule has 1 unspecified atom stereocenters. The van der Waals surface area contributed by atoms with Crippen molar-refractivity contribution in [2.24, 2.45) is 10.1 Å². The van der Waals surface area contributed by atoms with Crippen LogP contribution in [-0.4, -0.2) is 48.3 Å². The molecule has 0 radical (unpaired) electrons. The fourth-order valence-corrected chi connectivity index (χ4v) is 5.85. The number of aryl methyl sites for hydroxylation is 1. The van der Waals surface area contributed by atoms with Crippen molar-refractivity contribution in [3.63, 3.8) is 0 Å². The van der Waals surface area contributed by atoms with Gasteiger partial charge in [-0.25, -0.2) is 9.59 Å². The molecule has 2 rings (SSSR count). The number of esters is 2. The first-order valence-electron chi connectivity index (χ1n) is 14.5. The minimum absolute atomic E-state index is 0.122. The normalized spacial score (nSPS) is 15.4. The van der Waals surface area contributed by atoms with Crippen LogP contribution in [0.3, 0.4) is 0 Å². The molecule has 38 heavy (non-hydrogen) atoms. The topological polar surface area (TPSA) is 97.5 Å². The van der Waals surface area contributed by atoms with Gasteiger partial charge in [-0.1, -0.05) is 102 Å². The third-order valence-corrected chi connectivity index (χ3v) is 7.61. The van der Waals surface area contributed by atoms with Gasteiger partial charge < -0.3 is 14.7 Å². The highest BCUT2D eigenvalue weighted by Crippen LogP contribution is 2.41. The molecule has 1 aromatic rings. The summed E-state index contributed by atoms with van der Waals surface area (Å²) in [6.07, 6.45) is 12.2. The summed E-state index contributed by atoms with van der Waals surface area (Å²) >= 11 is 0. The molecular weight excluding hydrogens is 480 g/mol. The number of methoxy groups -OCH3 is 1. The van der Waals surface area contributed by atoms with Crippen LogP contribution in [0.25, 0.3) is 0 Å². The molecule has 1 aromatic carbocycles. The van der Waals surface area contributed by atoms with Gasteiger partial charge in [0.05, 0.1) is 7.11 Å². The van der Waals surface area contributed by atoms with Gasteiger partial charge in [0.15, 0.2) is 6.10 Å². The molecule has 0 saturated carbocycles. The molecule has 0 saturated heterocycles. The number of carbonyl (C=O) groups is 2. The van der Waals surface area contributed by atoms with Gasteiger partial charge in [-0.2, -0.15) is 0 Å². The summed E-state index contributed by atoms with van der Waals surface area (Å²) in [6.45, 7) is 9.13. The molecular formula is C31H48N2O5. The van der Waals surface area contributed by atoms with Crippen molar-refractivity contribution in [3.05, 3.63) is 34.9 Å². The number of nitrogens with zero attached hydrogens (tertiary/aromatic N) is 2. The molecule has 1 aliphatic heterocycles. The summed E-state index contributed by atoms with van der Waals surface area (Å²) < 4.78 is 10.5. The van der Waals surface area contributed by atoms with E-state index in [0.29, 0.717) is 18.7 Å². The number of fused-ring (bicyclic) bond motifs is 1. The Morgan fingerprint density at radius 2 is 1.63 bits per heavy atom. The van der Waals surface area contributed by atoms with Crippen molar-refractivity contribution in [1.82, 2.24) is 0 Å². The van der Waals surface area contributed by atoms with Crippen molar-refractivity contribution in [3.8, 4) is 0 Å². The predicted octanol–water partition coefficient (Wildman–Crippen LogP) is 7.08. The number of unbranched alkanes of at least 4 members (excludes halogenated alkanes) is 7. The molecule has 1 N–H and O–H groups in total. The monoisotopic (exact) mass is 528 g/mol. The van der Waals surface area contributed by atoms with Gasteiger partial charge in [0.1, 0.15) is 5.71 Å². The number of rotatable bonds is 17. The molecule has 1 heterocycles. The molecule has 0 bridgehead atoms. The second-order valence-corrected chi connectivity index (χ2v) is 10.6. The van der Waals surface area contributed by atoms with Gasteiger partial charge >= 0.3 is 11.9 Å². The first-order valence-corrected chi connectivity index (χ1v) is 14.5. The summed E-state index contributed by atoms with van der Waals surface area (Å²) in [6, 6.07) is 5.93. The lowest BCUT2D eigenvalue weighted by Crippen LogP contribution is -2.41. The van der Waals surface area contributed by atoms with Crippen LogP contribution in [0, 0.1) is 6.92 Å². The number of benzene rings is 1. The van der Waals surface area contributed by atoms with Crippen LogP contribution in [-0.2, 0) is 24.5 Å². The highest BCUT2D eigenvalue weighted by molar-refractivity contribution is 6.69. The molecule has 0 aromatic heterocycles. The van der Waals surface area contributed by atoms with E-state index in [-0.39, 0.29) is 11.1 Å². The zero-order valence-corrected chi connectivity index (χ0v) is 24.2. The quantitative estimate of drug-likeness (QED) is 0.0766. The number of hydrogen-bond acceptors (Lipinski definition) is 7. The fourth-order valence-electron chi connectivity index (χ4n) is 5.85. The molecule has 0 aliphatic carbocycles. The van der Waals surface area contributed by atoms with E-state index in [1.807, 2.05) is 12.1 Å². The first kappa shape index (κ1) is 31.5. The van der Waals surface area contributed by atoms with Crippen molar-refractivity contribution >= 4 is 23.4 Å². The molecule has 7 heteroatoms. The summed E-state index contributed by atoms with van der Waals surface area (Å²) in [5, 5.41) is 13.2. The Morgan fingerprint density at radius 3 is 2.21 bits per heavy atom. The Balaban J connectivity index is 2.18. The maximum Gasteiger partial charge on any atom is 0.363 e. The Morgan fingerprint density at radius 1 is 1.00 bits per heavy atom. The van der Waals surface area contributed by atoms with E-state index in [0.717, 1.165) is 61.6 Å². The summed E-state index contributed by atoms with van der Waals surface area (Å²) in [5.74, 6) is -1.47. The highest BCUT2D eigenvalue weighted by atomic mass is 16.6. The lowest BCUT2D eigenvalue weighted by atomic mass is 9.68. The number of carbonyl (C=O) groups excluding carboxylic acids is 2. The van der Waals surface area contributed by atoms with Gasteiger partial charge in [-0.05, 0) is 43.7 Å². The number of aliphatic imine (C=N–C) groups is 1. The molecule has 7 nitrogen and oxygen atoms in total. The Labute approximate surface area is 229 Å². The minimum atomic E-state index is -1.05. The number of hydrogen-bond donors (Lipinski definition) is 1. The number of ether oxygens (including phenoxy) is 2. The maximum atomic E-state index is 13.2. The second kappa shape index (κ2) is 16.3. The van der Waals surface area contributed by atoms with E-state index in [2.05, 4.69) is 38.9 Å². The summed E-state index contributed by atoms with van der Waals surface area (Å²) in [7, 11) is 1.28. The smallest absolute Gasteiger partial charge is 0.363 e. The van der Waals surface area contributed by atoms with E-state index < -0.39 is 18.0 Å². The largest absolute Gasteiger partial charge is 0.466 e.